The summed E-state index contributed by atoms with van der Waals surface area (Å²) in [7, 11) is 1.04. The summed E-state index contributed by atoms with van der Waals surface area (Å²) in [6, 6.07) is 0. The first-order valence-electron chi connectivity index (χ1n) is 5.52. The topological polar surface area (TPSA) is 196 Å². The molecule has 0 amide bonds. The molecule has 1 aliphatic rings. The summed E-state index contributed by atoms with van der Waals surface area (Å²) < 4.78 is 9.70. The Morgan fingerprint density at radius 1 is 1.05 bits per heavy atom. The largest absolute Gasteiger partial charge is 0.388 e. The second-order valence-electron chi connectivity index (χ2n) is 3.88. The maximum Gasteiger partial charge on any atom is 0.295 e. The van der Waals surface area contributed by atoms with Gasteiger partial charge < -0.3 is 29.1 Å². The molecular weight excluding hydrogens is 318 g/mol. The van der Waals surface area contributed by atoms with Crippen molar-refractivity contribution in [3.05, 3.63) is 30.3 Å². The van der Waals surface area contributed by atoms with Crippen molar-refractivity contribution in [1.82, 2.24) is 0 Å². The summed E-state index contributed by atoms with van der Waals surface area (Å²) >= 11 is 0. The molecule has 5 atom stereocenters. The van der Waals surface area contributed by atoms with Crippen molar-refractivity contribution in [2.45, 2.75) is 30.7 Å². The van der Waals surface area contributed by atoms with Crippen LogP contribution in [0, 0.1) is 30.3 Å². The van der Waals surface area contributed by atoms with Gasteiger partial charge in [0.05, 0.1) is 0 Å². The minimum Gasteiger partial charge on any atom is -0.388 e. The second kappa shape index (κ2) is 7.48. The highest BCUT2D eigenvalue weighted by Crippen LogP contribution is 2.26. The zero-order valence-electron chi connectivity index (χ0n) is 10.9. The summed E-state index contributed by atoms with van der Waals surface area (Å²) in [4.78, 5) is 43.3. The average Bonchev–Trinajstić information content (AvgIpc) is 2.41. The van der Waals surface area contributed by atoms with E-state index in [1.54, 1.807) is 0 Å². The van der Waals surface area contributed by atoms with Crippen LogP contribution < -0.4 is 0 Å². The van der Waals surface area contributed by atoms with Crippen LogP contribution in [0.15, 0.2) is 0 Å². The molecule has 0 spiro atoms. The van der Waals surface area contributed by atoms with Crippen LogP contribution in [-0.4, -0.2) is 64.8 Å². The molecule has 0 aromatic heterocycles. The fourth-order valence-electron chi connectivity index (χ4n) is 1.78. The summed E-state index contributed by atoms with van der Waals surface area (Å²) in [6.07, 6.45) is -8.63. The lowest BCUT2D eigenvalue weighted by Gasteiger charge is -2.41. The molecule has 0 aromatic carbocycles. The number of hydrogen-bond donors (Lipinski definition) is 1. The monoisotopic (exact) mass is 329 g/mol. The molecule has 22 heavy (non-hydrogen) atoms. The Hall–Kier alpha value is -2.52. The molecule has 1 heterocycles. The average molecular weight is 329 g/mol. The van der Waals surface area contributed by atoms with Crippen LogP contribution in [0.2, 0.25) is 0 Å². The third-order valence-corrected chi connectivity index (χ3v) is 2.61. The van der Waals surface area contributed by atoms with Gasteiger partial charge in [-0.3, -0.25) is 0 Å². The Balaban J connectivity index is 2.95. The predicted molar refractivity (Wildman–Crippen MR) is 58.4 cm³/mol. The quantitative estimate of drug-likeness (QED) is 0.383. The zero-order chi connectivity index (χ0) is 16.9. The van der Waals surface area contributed by atoms with Gasteiger partial charge in [0.2, 0.25) is 0 Å². The second-order valence-corrected chi connectivity index (χ2v) is 3.88. The number of methoxy groups -OCH3 is 1. The highest BCUT2D eigenvalue weighted by Gasteiger charge is 2.50. The van der Waals surface area contributed by atoms with Crippen LogP contribution in [0.3, 0.4) is 0 Å². The Morgan fingerprint density at radius 2 is 1.59 bits per heavy atom. The molecule has 0 radical (unpaired) electrons. The molecular formula is C7H11N3O12. The van der Waals surface area contributed by atoms with Crippen molar-refractivity contribution in [3.63, 3.8) is 0 Å². The fraction of sp³-hybridized carbons (Fsp3) is 1.00. The standard InChI is InChI=1S/C7H11N3O12/c1-18-7-6(22-10(16)17)5(21-9(14)15)4(11)3(20-7)2-19-8(12)13/h3-7,11H,2H2,1H3/t3-,4-,5+,6-,7-/m1/s1. The van der Waals surface area contributed by atoms with Crippen LogP contribution in [0.4, 0.5) is 0 Å². The zero-order valence-corrected chi connectivity index (χ0v) is 10.9. The van der Waals surface area contributed by atoms with Gasteiger partial charge in [-0.25, -0.2) is 0 Å². The molecule has 1 N–H and O–H groups in total. The van der Waals surface area contributed by atoms with Gasteiger partial charge in [-0.1, -0.05) is 0 Å². The summed E-state index contributed by atoms with van der Waals surface area (Å²) in [5.74, 6) is 0. The predicted octanol–water partition coefficient (Wildman–Crippen LogP) is -1.92. The van der Waals surface area contributed by atoms with E-state index in [0.29, 0.717) is 0 Å². The lowest BCUT2D eigenvalue weighted by molar-refractivity contribution is -0.807. The lowest BCUT2D eigenvalue weighted by Crippen LogP contribution is -2.61. The summed E-state index contributed by atoms with van der Waals surface area (Å²) in [5.41, 5.74) is 0. The van der Waals surface area contributed by atoms with Gasteiger partial charge >= 0.3 is 0 Å². The Kier molecular flexibility index (Phi) is 5.96. The molecule has 0 unspecified atom stereocenters. The van der Waals surface area contributed by atoms with Crippen LogP contribution in [-0.2, 0) is 24.0 Å². The van der Waals surface area contributed by atoms with Crippen molar-refractivity contribution < 1.29 is 44.4 Å². The molecule has 0 aliphatic carbocycles. The van der Waals surface area contributed by atoms with E-state index >= 15 is 0 Å². The van der Waals surface area contributed by atoms with Gasteiger partial charge in [0, 0.05) is 7.11 Å². The van der Waals surface area contributed by atoms with Crippen LogP contribution in [0.1, 0.15) is 0 Å². The van der Waals surface area contributed by atoms with E-state index in [1.165, 1.54) is 0 Å². The Bertz CT molecular complexity index is 431. The highest BCUT2D eigenvalue weighted by molar-refractivity contribution is 4.90. The number of hydrogen-bond acceptors (Lipinski definition) is 12. The van der Waals surface area contributed by atoms with Crippen molar-refractivity contribution >= 4 is 0 Å². The van der Waals surface area contributed by atoms with Crippen LogP contribution in [0.5, 0.6) is 0 Å². The van der Waals surface area contributed by atoms with E-state index in [4.69, 9.17) is 9.47 Å². The molecule has 1 fully saturated rings. The number of ether oxygens (including phenoxy) is 2. The van der Waals surface area contributed by atoms with E-state index in [-0.39, 0.29) is 0 Å². The van der Waals surface area contributed by atoms with E-state index in [0.717, 1.165) is 7.11 Å². The first kappa shape index (κ1) is 17.5. The van der Waals surface area contributed by atoms with Gasteiger partial charge in [-0.2, -0.15) is 0 Å². The summed E-state index contributed by atoms with van der Waals surface area (Å²) in [6.45, 7) is -0.809. The molecule has 1 aliphatic heterocycles. The van der Waals surface area contributed by atoms with E-state index < -0.39 is 52.6 Å². The third kappa shape index (κ3) is 4.50. The fourth-order valence-corrected chi connectivity index (χ4v) is 1.78. The Morgan fingerprint density at radius 3 is 2.05 bits per heavy atom. The van der Waals surface area contributed by atoms with Crippen molar-refractivity contribution in [2.24, 2.45) is 0 Å². The number of aliphatic hydroxyl groups excluding tert-OH is 1. The molecule has 1 rings (SSSR count). The van der Waals surface area contributed by atoms with Gasteiger partial charge in [0.25, 0.3) is 15.3 Å². The van der Waals surface area contributed by atoms with Crippen LogP contribution in [0.25, 0.3) is 0 Å². The highest BCUT2D eigenvalue weighted by atomic mass is 17.0. The normalized spacial score (nSPS) is 31.1. The van der Waals surface area contributed by atoms with Crippen LogP contribution >= 0.6 is 0 Å². The van der Waals surface area contributed by atoms with Crippen molar-refractivity contribution in [3.8, 4) is 0 Å². The molecule has 0 aromatic rings. The molecule has 15 heteroatoms. The number of rotatable bonds is 8. The van der Waals surface area contributed by atoms with E-state index in [9.17, 15) is 35.4 Å². The third-order valence-electron chi connectivity index (χ3n) is 2.61. The maximum atomic E-state index is 10.4. The molecule has 0 saturated carbocycles. The van der Waals surface area contributed by atoms with Gasteiger partial charge in [0.15, 0.2) is 18.5 Å². The maximum absolute atomic E-state index is 10.4. The minimum absolute atomic E-state index is 0.809. The first-order valence-corrected chi connectivity index (χ1v) is 5.52. The number of aliphatic hydroxyl groups is 1. The SMILES string of the molecule is CO[C@@H]1O[C@H](CO[N+](=O)[O-])[C@@H](O)[C@H](O[N+](=O)[O-])[C@H]1O[N+](=O)[O-]. The number of nitrogens with zero attached hydrogens (tertiary/aromatic N) is 3. The van der Waals surface area contributed by atoms with Crippen molar-refractivity contribution in [1.29, 1.82) is 0 Å². The van der Waals surface area contributed by atoms with Crippen molar-refractivity contribution in [2.75, 3.05) is 13.7 Å². The molecule has 126 valence electrons. The van der Waals surface area contributed by atoms with E-state index in [2.05, 4.69) is 14.5 Å². The van der Waals surface area contributed by atoms with E-state index in [1.807, 2.05) is 0 Å². The lowest BCUT2D eigenvalue weighted by atomic mass is 9.99. The molecule has 15 nitrogen and oxygen atoms in total. The smallest absolute Gasteiger partial charge is 0.295 e. The first-order chi connectivity index (χ1) is 10.3. The Labute approximate surface area is 120 Å². The molecule has 0 bridgehead atoms. The minimum atomic E-state index is -1.89. The van der Waals surface area contributed by atoms with Gasteiger partial charge in [0.1, 0.15) is 18.8 Å². The summed E-state index contributed by atoms with van der Waals surface area (Å²) in [5, 5.41) is 37.1. The van der Waals surface area contributed by atoms with Gasteiger partial charge in [-0.05, 0) is 0 Å². The molecule has 1 saturated heterocycles. The van der Waals surface area contributed by atoms with Gasteiger partial charge in [-0.15, -0.1) is 30.3 Å².